The van der Waals surface area contributed by atoms with Crippen molar-refractivity contribution >= 4 is 54.2 Å². The molecule has 0 saturated heterocycles. The molecule has 0 saturated carbocycles. The van der Waals surface area contributed by atoms with Crippen LogP contribution in [0.5, 0.6) is 0 Å². The first kappa shape index (κ1) is 19.4. The minimum absolute atomic E-state index is 0.0573. The Labute approximate surface area is 133 Å². The Morgan fingerprint density at radius 2 is 1.26 bits per heavy atom. The second-order valence-electron chi connectivity index (χ2n) is 4.68. The fourth-order valence-corrected chi connectivity index (χ4v) is 3.13. The molecule has 0 aliphatic heterocycles. The van der Waals surface area contributed by atoms with Crippen LogP contribution in [0, 0.1) is 0 Å². The number of allylic oxidation sites excluding steroid dienone is 2. The number of hydrogen-bond donors (Lipinski definition) is 1. The van der Waals surface area contributed by atoms with E-state index in [0.717, 1.165) is 0 Å². The summed E-state index contributed by atoms with van der Waals surface area (Å²) in [4.78, 5) is 0. The lowest BCUT2D eigenvalue weighted by molar-refractivity contribution is 0.264. The first-order valence-electron chi connectivity index (χ1n) is 5.19. The van der Waals surface area contributed by atoms with E-state index in [9.17, 15) is 4.57 Å². The van der Waals surface area contributed by atoms with Gasteiger partial charge in [-0.1, -0.05) is 46.4 Å². The van der Waals surface area contributed by atoms with E-state index in [4.69, 9.17) is 55.5 Å². The van der Waals surface area contributed by atoms with Gasteiger partial charge in [0, 0.05) is 5.54 Å². The molecule has 19 heavy (non-hydrogen) atoms. The minimum Gasteiger partial charge on any atom is -0.407 e. The van der Waals surface area contributed by atoms with Gasteiger partial charge >= 0.3 is 7.75 Å². The third-order valence-electron chi connectivity index (χ3n) is 1.52. The summed E-state index contributed by atoms with van der Waals surface area (Å²) in [6.45, 7) is 8.27. The highest BCUT2D eigenvalue weighted by atomic mass is 35.5. The van der Waals surface area contributed by atoms with Crippen LogP contribution in [0.1, 0.15) is 34.6 Å². The van der Waals surface area contributed by atoms with Gasteiger partial charge in [0.15, 0.2) is 0 Å². The average molecular weight is 371 g/mol. The molecule has 0 heterocycles. The summed E-state index contributed by atoms with van der Waals surface area (Å²) in [5.41, 5.74) is -0.548. The van der Waals surface area contributed by atoms with Crippen LogP contribution in [-0.2, 0) is 13.6 Å². The van der Waals surface area contributed by atoms with Crippen LogP contribution in [0.2, 0.25) is 0 Å². The molecule has 0 aliphatic carbocycles. The Hall–Kier alpha value is 0.430. The molecule has 0 aromatic rings. The molecule has 0 radical (unpaired) electrons. The summed E-state index contributed by atoms with van der Waals surface area (Å²) in [7, 11) is -3.76. The van der Waals surface area contributed by atoms with Gasteiger partial charge < -0.3 is 9.05 Å². The van der Waals surface area contributed by atoms with Crippen molar-refractivity contribution in [3.8, 4) is 0 Å². The fourth-order valence-electron chi connectivity index (χ4n) is 0.905. The maximum absolute atomic E-state index is 12.6. The van der Waals surface area contributed by atoms with Crippen LogP contribution in [0.25, 0.3) is 0 Å². The molecule has 0 spiro atoms. The first-order valence-corrected chi connectivity index (χ1v) is 8.24. The number of nitrogens with one attached hydrogen (secondary N) is 1. The molecule has 4 nitrogen and oxygen atoms in total. The Kier molecular flexibility index (Phi) is 7.61. The van der Waals surface area contributed by atoms with E-state index in [1.165, 1.54) is 13.8 Å². The molecule has 0 bridgehead atoms. The Morgan fingerprint density at radius 3 is 1.47 bits per heavy atom. The maximum atomic E-state index is 12.6. The van der Waals surface area contributed by atoms with Crippen LogP contribution in [0.15, 0.2) is 20.5 Å². The van der Waals surface area contributed by atoms with E-state index in [1.807, 2.05) is 0 Å². The second kappa shape index (κ2) is 7.44. The molecule has 0 fully saturated rings. The second-order valence-corrected chi connectivity index (χ2v) is 8.16. The smallest absolute Gasteiger partial charge is 0.407 e. The minimum atomic E-state index is -3.76. The largest absolute Gasteiger partial charge is 0.512 e. The standard InChI is InChI=1S/C10H16Cl4NO3P/c1-6(8(11)12)17-19(16,15-10(3,4)5)18-7(2)9(13)14/h1-5H3,(H,15,16). The lowest BCUT2D eigenvalue weighted by Gasteiger charge is -2.28. The monoisotopic (exact) mass is 369 g/mol. The van der Waals surface area contributed by atoms with Gasteiger partial charge in [-0.3, -0.25) is 0 Å². The van der Waals surface area contributed by atoms with Gasteiger partial charge in [0.2, 0.25) is 0 Å². The summed E-state index contributed by atoms with van der Waals surface area (Å²) in [5, 5.41) is 2.71. The van der Waals surface area contributed by atoms with Gasteiger partial charge in [-0.25, -0.2) is 4.57 Å². The van der Waals surface area contributed by atoms with E-state index >= 15 is 0 Å². The summed E-state index contributed by atoms with van der Waals surface area (Å²) < 4.78 is 22.7. The highest BCUT2D eigenvalue weighted by Crippen LogP contribution is 2.51. The molecule has 0 aromatic heterocycles. The number of halogens is 4. The molecule has 0 rings (SSSR count). The van der Waals surface area contributed by atoms with Crippen LogP contribution >= 0.6 is 54.2 Å². The number of hydrogen-bond acceptors (Lipinski definition) is 3. The van der Waals surface area contributed by atoms with Crippen molar-refractivity contribution in [2.24, 2.45) is 0 Å². The van der Waals surface area contributed by atoms with Crippen molar-refractivity contribution in [1.29, 1.82) is 0 Å². The Morgan fingerprint density at radius 1 is 0.947 bits per heavy atom. The molecular weight excluding hydrogens is 355 g/mol. The van der Waals surface area contributed by atoms with Crippen molar-refractivity contribution in [1.82, 2.24) is 5.09 Å². The van der Waals surface area contributed by atoms with Gasteiger partial charge in [-0.05, 0) is 34.6 Å². The van der Waals surface area contributed by atoms with E-state index in [-0.39, 0.29) is 20.5 Å². The fraction of sp³-hybridized carbons (Fsp3) is 0.600. The Bertz CT molecular complexity index is 405. The SMILES string of the molecule is CC(OP(=O)(NC(C)(C)C)OC(C)=C(Cl)Cl)=C(Cl)Cl. The highest BCUT2D eigenvalue weighted by molar-refractivity contribution is 7.52. The van der Waals surface area contributed by atoms with Gasteiger partial charge in [-0.2, -0.15) is 5.09 Å². The molecule has 1 N–H and O–H groups in total. The Balaban J connectivity index is 5.33. The number of rotatable bonds is 5. The van der Waals surface area contributed by atoms with Crippen LogP contribution in [-0.4, -0.2) is 5.54 Å². The van der Waals surface area contributed by atoms with Crippen LogP contribution in [0.3, 0.4) is 0 Å². The van der Waals surface area contributed by atoms with Crippen LogP contribution in [0.4, 0.5) is 0 Å². The quantitative estimate of drug-likeness (QED) is 0.487. The summed E-state index contributed by atoms with van der Waals surface area (Å²) in [6, 6.07) is 0. The molecule has 0 aliphatic rings. The van der Waals surface area contributed by atoms with E-state index in [1.54, 1.807) is 20.8 Å². The molecule has 9 heteroatoms. The summed E-state index contributed by atoms with van der Waals surface area (Å²) in [5.74, 6) is 0.115. The van der Waals surface area contributed by atoms with Crippen LogP contribution < -0.4 is 5.09 Å². The molecule has 0 amide bonds. The maximum Gasteiger partial charge on any atom is 0.512 e. The topological polar surface area (TPSA) is 47.6 Å². The molecule has 112 valence electrons. The van der Waals surface area contributed by atoms with Gasteiger partial charge in [0.05, 0.1) is 0 Å². The van der Waals surface area contributed by atoms with E-state index in [0.29, 0.717) is 0 Å². The van der Waals surface area contributed by atoms with E-state index in [2.05, 4.69) is 5.09 Å². The van der Waals surface area contributed by atoms with Gasteiger partial charge in [0.1, 0.15) is 20.5 Å². The molecule has 0 aromatic carbocycles. The van der Waals surface area contributed by atoms with Crippen molar-refractivity contribution < 1.29 is 13.6 Å². The summed E-state index contributed by atoms with van der Waals surface area (Å²) in [6.07, 6.45) is 0. The third-order valence-corrected chi connectivity index (χ3v) is 4.56. The first-order chi connectivity index (χ1) is 8.36. The lowest BCUT2D eigenvalue weighted by Crippen LogP contribution is -2.34. The lowest BCUT2D eigenvalue weighted by atomic mass is 10.1. The van der Waals surface area contributed by atoms with Crippen molar-refractivity contribution in [3.63, 3.8) is 0 Å². The van der Waals surface area contributed by atoms with Crippen molar-refractivity contribution in [2.45, 2.75) is 40.2 Å². The van der Waals surface area contributed by atoms with Crippen molar-refractivity contribution in [3.05, 3.63) is 20.5 Å². The predicted octanol–water partition coefficient (Wildman–Crippen LogP) is 5.85. The van der Waals surface area contributed by atoms with Gasteiger partial charge in [-0.15, -0.1) is 0 Å². The molecular formula is C10H16Cl4NO3P. The zero-order valence-electron chi connectivity index (χ0n) is 11.2. The van der Waals surface area contributed by atoms with Crippen molar-refractivity contribution in [2.75, 3.05) is 0 Å². The summed E-state index contributed by atoms with van der Waals surface area (Å²) >= 11 is 22.2. The average Bonchev–Trinajstić information content (AvgIpc) is 2.12. The zero-order valence-corrected chi connectivity index (χ0v) is 15.1. The zero-order chi connectivity index (χ0) is 15.4. The predicted molar refractivity (Wildman–Crippen MR) is 81.5 cm³/mol. The molecule has 0 unspecified atom stereocenters. The van der Waals surface area contributed by atoms with E-state index < -0.39 is 13.3 Å². The molecule has 0 atom stereocenters. The third kappa shape index (κ3) is 8.34. The normalized spacial score (nSPS) is 11.8. The van der Waals surface area contributed by atoms with Gasteiger partial charge in [0.25, 0.3) is 0 Å². The highest BCUT2D eigenvalue weighted by Gasteiger charge is 2.34.